The van der Waals surface area contributed by atoms with Crippen molar-refractivity contribution in [1.82, 2.24) is 10.6 Å². The van der Waals surface area contributed by atoms with Crippen molar-refractivity contribution in [3.63, 3.8) is 0 Å². The van der Waals surface area contributed by atoms with E-state index in [4.69, 9.17) is 0 Å². The van der Waals surface area contributed by atoms with Gasteiger partial charge in [-0.2, -0.15) is 0 Å². The molecule has 3 rings (SSSR count). The molecule has 2 amide bonds. The highest BCUT2D eigenvalue weighted by Crippen LogP contribution is 2.57. The molecular formula is C23H36N2O. The minimum absolute atomic E-state index is 0.0289. The summed E-state index contributed by atoms with van der Waals surface area (Å²) in [6.45, 7) is 12.8. The van der Waals surface area contributed by atoms with Crippen molar-refractivity contribution >= 4 is 6.03 Å². The molecule has 0 aromatic heterocycles. The fourth-order valence-electron chi connectivity index (χ4n) is 5.72. The van der Waals surface area contributed by atoms with Crippen LogP contribution in [0.5, 0.6) is 0 Å². The van der Waals surface area contributed by atoms with Gasteiger partial charge >= 0.3 is 6.03 Å². The Morgan fingerprint density at radius 2 is 2.00 bits per heavy atom. The zero-order chi connectivity index (χ0) is 18.9. The van der Waals surface area contributed by atoms with Crippen molar-refractivity contribution in [2.24, 2.45) is 11.3 Å². The first kappa shape index (κ1) is 19.3. The number of amides is 2. The number of nitrogens with one attached hydrogen (secondary N) is 2. The van der Waals surface area contributed by atoms with Crippen molar-refractivity contribution in [2.75, 3.05) is 13.1 Å². The van der Waals surface area contributed by atoms with Crippen molar-refractivity contribution in [3.05, 3.63) is 34.9 Å². The van der Waals surface area contributed by atoms with Gasteiger partial charge in [0.15, 0.2) is 0 Å². The summed E-state index contributed by atoms with van der Waals surface area (Å²) in [6.07, 6.45) is 6.12. The fourth-order valence-corrected chi connectivity index (χ4v) is 5.72. The smallest absolute Gasteiger partial charge is 0.314 e. The van der Waals surface area contributed by atoms with Gasteiger partial charge in [0.25, 0.3) is 0 Å². The first-order valence-corrected chi connectivity index (χ1v) is 10.4. The van der Waals surface area contributed by atoms with Crippen LogP contribution in [0.2, 0.25) is 0 Å². The summed E-state index contributed by atoms with van der Waals surface area (Å²) in [5.74, 6) is 1.21. The summed E-state index contributed by atoms with van der Waals surface area (Å²) in [4.78, 5) is 11.9. The normalized spacial score (nSPS) is 30.5. The molecule has 2 aliphatic rings. The van der Waals surface area contributed by atoms with E-state index in [1.807, 2.05) is 6.92 Å². The van der Waals surface area contributed by atoms with Crippen LogP contribution in [0.1, 0.15) is 82.9 Å². The SMILES string of the molecule is CCNC(=O)NC[C@]1(C)CCC[C@]2(C)c3ccc(C(C)C)cc3CC[C@@H]12. The summed E-state index contributed by atoms with van der Waals surface area (Å²) in [5.41, 5.74) is 5.01. The van der Waals surface area contributed by atoms with Crippen LogP contribution in [0.15, 0.2) is 18.2 Å². The monoisotopic (exact) mass is 356 g/mol. The first-order valence-electron chi connectivity index (χ1n) is 10.4. The van der Waals surface area contributed by atoms with Crippen molar-refractivity contribution < 1.29 is 4.79 Å². The van der Waals surface area contributed by atoms with E-state index in [-0.39, 0.29) is 16.9 Å². The summed E-state index contributed by atoms with van der Waals surface area (Å²) >= 11 is 0. The Balaban J connectivity index is 1.86. The summed E-state index contributed by atoms with van der Waals surface area (Å²) < 4.78 is 0. The maximum Gasteiger partial charge on any atom is 0.314 e. The molecule has 0 unspecified atom stereocenters. The highest BCUT2D eigenvalue weighted by molar-refractivity contribution is 5.73. The van der Waals surface area contributed by atoms with Crippen LogP contribution in [0.3, 0.4) is 0 Å². The van der Waals surface area contributed by atoms with E-state index >= 15 is 0 Å². The Morgan fingerprint density at radius 3 is 2.69 bits per heavy atom. The van der Waals surface area contributed by atoms with E-state index in [9.17, 15) is 4.79 Å². The molecule has 3 nitrogen and oxygen atoms in total. The molecule has 0 bridgehead atoms. The zero-order valence-corrected chi connectivity index (χ0v) is 17.2. The van der Waals surface area contributed by atoms with Crippen LogP contribution in [0.4, 0.5) is 4.79 Å². The zero-order valence-electron chi connectivity index (χ0n) is 17.2. The fraction of sp³-hybridized carbons (Fsp3) is 0.696. The van der Waals surface area contributed by atoms with Gasteiger partial charge in [0.05, 0.1) is 0 Å². The molecule has 144 valence electrons. The lowest BCUT2D eigenvalue weighted by Crippen LogP contribution is -2.54. The Bertz CT molecular complexity index is 668. The molecule has 1 aromatic carbocycles. The lowest BCUT2D eigenvalue weighted by atomic mass is 9.49. The number of carbonyl (C=O) groups is 1. The van der Waals surface area contributed by atoms with Crippen LogP contribution in [-0.2, 0) is 11.8 Å². The highest BCUT2D eigenvalue weighted by atomic mass is 16.2. The van der Waals surface area contributed by atoms with E-state index in [2.05, 4.69) is 56.5 Å². The number of benzene rings is 1. The topological polar surface area (TPSA) is 41.1 Å². The predicted octanol–water partition coefficient (Wildman–Crippen LogP) is 5.14. The van der Waals surface area contributed by atoms with Crippen LogP contribution < -0.4 is 10.6 Å². The lowest BCUT2D eigenvalue weighted by molar-refractivity contribution is 0.0278. The molecule has 0 radical (unpaired) electrons. The molecule has 1 saturated carbocycles. The van der Waals surface area contributed by atoms with Gasteiger partial charge in [-0.3, -0.25) is 0 Å². The van der Waals surface area contributed by atoms with Gasteiger partial charge in [0.1, 0.15) is 0 Å². The Labute approximate surface area is 159 Å². The molecule has 1 aromatic rings. The van der Waals surface area contributed by atoms with Gasteiger partial charge < -0.3 is 10.6 Å². The van der Waals surface area contributed by atoms with Gasteiger partial charge in [-0.15, -0.1) is 0 Å². The third-order valence-corrected chi connectivity index (χ3v) is 7.16. The standard InChI is InChI=1S/C23H36N2O/c1-6-24-21(26)25-15-22(4)12-7-13-23(5)19-10-8-17(16(2)3)14-18(19)9-11-20(22)23/h8,10,14,16,20H,6-7,9,11-13,15H2,1-5H3,(H2,24,25,26)/t20-,22-,23+/m0/s1. The molecule has 0 spiro atoms. The van der Waals surface area contributed by atoms with Crippen molar-refractivity contribution in [3.8, 4) is 0 Å². The van der Waals surface area contributed by atoms with Crippen LogP contribution in [-0.4, -0.2) is 19.1 Å². The van der Waals surface area contributed by atoms with Crippen LogP contribution >= 0.6 is 0 Å². The summed E-state index contributed by atoms with van der Waals surface area (Å²) in [7, 11) is 0. The quantitative estimate of drug-likeness (QED) is 0.770. The number of carbonyl (C=O) groups excluding carboxylic acids is 1. The van der Waals surface area contributed by atoms with E-state index in [1.165, 1.54) is 37.7 Å². The second-order valence-corrected chi connectivity index (χ2v) is 9.30. The second kappa shape index (κ2) is 7.25. The lowest BCUT2D eigenvalue weighted by Gasteiger charge is -2.55. The van der Waals surface area contributed by atoms with Gasteiger partial charge in [-0.25, -0.2) is 4.79 Å². The molecule has 0 heterocycles. The number of hydrogen-bond donors (Lipinski definition) is 2. The molecular weight excluding hydrogens is 320 g/mol. The molecule has 2 N–H and O–H groups in total. The van der Waals surface area contributed by atoms with Gasteiger partial charge in [0, 0.05) is 13.1 Å². The minimum Gasteiger partial charge on any atom is -0.338 e. The number of hydrogen-bond acceptors (Lipinski definition) is 1. The van der Waals surface area contributed by atoms with Crippen LogP contribution in [0, 0.1) is 11.3 Å². The van der Waals surface area contributed by atoms with Gasteiger partial charge in [-0.1, -0.05) is 52.3 Å². The minimum atomic E-state index is -0.0289. The maximum absolute atomic E-state index is 11.9. The number of fused-ring (bicyclic) bond motifs is 3. The predicted molar refractivity (Wildman–Crippen MR) is 109 cm³/mol. The average Bonchev–Trinajstić information content (AvgIpc) is 2.60. The molecule has 3 atom stereocenters. The van der Waals surface area contributed by atoms with E-state index in [0.717, 1.165) is 6.54 Å². The Hall–Kier alpha value is -1.51. The number of urea groups is 1. The number of aryl methyl sites for hydroxylation is 1. The largest absolute Gasteiger partial charge is 0.338 e. The third-order valence-electron chi connectivity index (χ3n) is 7.16. The Kier molecular flexibility index (Phi) is 5.37. The average molecular weight is 357 g/mol. The first-order chi connectivity index (χ1) is 12.3. The number of rotatable bonds is 4. The highest BCUT2D eigenvalue weighted by Gasteiger charge is 2.51. The molecule has 0 saturated heterocycles. The van der Waals surface area contributed by atoms with E-state index < -0.39 is 0 Å². The Morgan fingerprint density at radius 1 is 1.23 bits per heavy atom. The van der Waals surface area contributed by atoms with Gasteiger partial charge in [0.2, 0.25) is 0 Å². The van der Waals surface area contributed by atoms with Crippen molar-refractivity contribution in [2.45, 2.75) is 78.1 Å². The molecule has 1 fully saturated rings. The molecule has 2 aliphatic carbocycles. The molecule has 3 heteroatoms. The van der Waals surface area contributed by atoms with E-state index in [1.54, 1.807) is 11.1 Å². The summed E-state index contributed by atoms with van der Waals surface area (Å²) in [6, 6.07) is 7.19. The third kappa shape index (κ3) is 3.37. The second-order valence-electron chi connectivity index (χ2n) is 9.30. The maximum atomic E-state index is 11.9. The molecule has 26 heavy (non-hydrogen) atoms. The van der Waals surface area contributed by atoms with Gasteiger partial charge in [-0.05, 0) is 72.0 Å². The molecule has 0 aliphatic heterocycles. The van der Waals surface area contributed by atoms with Crippen LogP contribution in [0.25, 0.3) is 0 Å². The van der Waals surface area contributed by atoms with E-state index in [0.29, 0.717) is 18.4 Å². The van der Waals surface area contributed by atoms with Crippen molar-refractivity contribution in [1.29, 1.82) is 0 Å². The summed E-state index contributed by atoms with van der Waals surface area (Å²) in [5, 5.41) is 6.01.